The molecule has 0 saturated carbocycles. The first kappa shape index (κ1) is 15.8. The summed E-state index contributed by atoms with van der Waals surface area (Å²) in [6, 6.07) is 6.06. The zero-order valence-corrected chi connectivity index (χ0v) is 14.7. The Morgan fingerprint density at radius 3 is 2.70 bits per heavy atom. The molecule has 0 N–H and O–H groups in total. The lowest BCUT2D eigenvalue weighted by molar-refractivity contribution is 0.358. The lowest BCUT2D eigenvalue weighted by Crippen LogP contribution is -2.24. The molecule has 0 bridgehead atoms. The van der Waals surface area contributed by atoms with E-state index in [-0.39, 0.29) is 5.54 Å². The molecule has 0 radical (unpaired) electrons. The van der Waals surface area contributed by atoms with Gasteiger partial charge in [-0.25, -0.2) is 4.68 Å². The van der Waals surface area contributed by atoms with Gasteiger partial charge >= 0.3 is 0 Å². The monoisotopic (exact) mass is 327 g/mol. The van der Waals surface area contributed by atoms with Crippen molar-refractivity contribution < 1.29 is 0 Å². The van der Waals surface area contributed by atoms with Crippen molar-refractivity contribution >= 4 is 11.8 Å². The van der Waals surface area contributed by atoms with Gasteiger partial charge in [0.25, 0.3) is 0 Å². The molecule has 3 heterocycles. The van der Waals surface area contributed by atoms with Crippen LogP contribution in [0.3, 0.4) is 0 Å². The smallest absolute Gasteiger partial charge is 0.0828 e. The Morgan fingerprint density at radius 1 is 1.22 bits per heavy atom. The molecule has 0 aliphatic carbocycles. The molecule has 0 amide bonds. The molecule has 23 heavy (non-hydrogen) atoms. The Hall–Kier alpha value is -2.08. The topological polar surface area (TPSA) is 48.5 Å². The standard InChI is InChI=1S/C17H21N5S/c1-17(2,3)22-16(8-14(20-22)12-23-4)13-9-19-21(11-13)15-6-5-7-18-10-15/h5-11H,12H2,1-4H3. The van der Waals surface area contributed by atoms with Gasteiger partial charge in [-0.2, -0.15) is 22.0 Å². The average Bonchev–Trinajstić information content (AvgIpc) is 3.14. The molecule has 5 nitrogen and oxygen atoms in total. The predicted molar refractivity (Wildman–Crippen MR) is 94.8 cm³/mol. The molecule has 0 aromatic carbocycles. The van der Waals surface area contributed by atoms with E-state index in [1.54, 1.807) is 24.2 Å². The van der Waals surface area contributed by atoms with Crippen molar-refractivity contribution in [1.82, 2.24) is 24.5 Å². The van der Waals surface area contributed by atoms with E-state index in [2.05, 4.69) is 47.9 Å². The maximum Gasteiger partial charge on any atom is 0.0828 e. The van der Waals surface area contributed by atoms with Crippen LogP contribution < -0.4 is 0 Å². The fraction of sp³-hybridized carbons (Fsp3) is 0.353. The molecule has 0 spiro atoms. The van der Waals surface area contributed by atoms with Crippen molar-refractivity contribution in [2.45, 2.75) is 32.1 Å². The van der Waals surface area contributed by atoms with Crippen LogP contribution >= 0.6 is 11.8 Å². The minimum atomic E-state index is -0.0810. The number of hydrogen-bond donors (Lipinski definition) is 0. The van der Waals surface area contributed by atoms with Crippen LogP contribution in [-0.2, 0) is 11.3 Å². The van der Waals surface area contributed by atoms with E-state index in [1.807, 2.05) is 29.2 Å². The van der Waals surface area contributed by atoms with E-state index in [9.17, 15) is 0 Å². The number of nitrogens with zero attached hydrogens (tertiary/aromatic N) is 5. The number of pyridine rings is 1. The Balaban J connectivity index is 2.03. The minimum Gasteiger partial charge on any atom is -0.262 e. The lowest BCUT2D eigenvalue weighted by atomic mass is 10.1. The highest BCUT2D eigenvalue weighted by atomic mass is 32.2. The highest BCUT2D eigenvalue weighted by Gasteiger charge is 2.21. The Morgan fingerprint density at radius 2 is 2.04 bits per heavy atom. The van der Waals surface area contributed by atoms with Gasteiger partial charge < -0.3 is 0 Å². The van der Waals surface area contributed by atoms with Gasteiger partial charge in [0, 0.05) is 23.7 Å². The Labute approximate surface area is 140 Å². The third-order valence-corrected chi connectivity index (χ3v) is 4.06. The van der Waals surface area contributed by atoms with Gasteiger partial charge in [0.2, 0.25) is 0 Å². The maximum atomic E-state index is 4.78. The summed E-state index contributed by atoms with van der Waals surface area (Å²) in [5.74, 6) is 0.910. The van der Waals surface area contributed by atoms with Crippen LogP contribution in [0.2, 0.25) is 0 Å². The molecule has 0 atom stereocenters. The van der Waals surface area contributed by atoms with Crippen molar-refractivity contribution in [2.75, 3.05) is 6.26 Å². The number of aromatic nitrogens is 5. The predicted octanol–water partition coefficient (Wildman–Crippen LogP) is 3.75. The van der Waals surface area contributed by atoms with Crippen LogP contribution in [-0.4, -0.2) is 30.8 Å². The molecule has 120 valence electrons. The highest BCUT2D eigenvalue weighted by molar-refractivity contribution is 7.97. The summed E-state index contributed by atoms with van der Waals surface area (Å²) >= 11 is 1.78. The summed E-state index contributed by atoms with van der Waals surface area (Å²) in [6.45, 7) is 6.49. The Kier molecular flexibility index (Phi) is 4.26. The molecule has 0 aliphatic rings. The van der Waals surface area contributed by atoms with Gasteiger partial charge in [0.05, 0.1) is 35.0 Å². The van der Waals surface area contributed by atoms with Crippen LogP contribution in [0.25, 0.3) is 16.9 Å². The van der Waals surface area contributed by atoms with Crippen LogP contribution in [0.5, 0.6) is 0 Å². The van der Waals surface area contributed by atoms with E-state index >= 15 is 0 Å². The van der Waals surface area contributed by atoms with E-state index in [1.165, 1.54) is 0 Å². The van der Waals surface area contributed by atoms with Crippen LogP contribution in [0.15, 0.2) is 43.0 Å². The number of rotatable bonds is 4. The zero-order chi connectivity index (χ0) is 16.4. The van der Waals surface area contributed by atoms with Crippen molar-refractivity contribution in [3.8, 4) is 16.9 Å². The molecule has 3 aromatic rings. The second-order valence-electron chi connectivity index (χ2n) is 6.42. The van der Waals surface area contributed by atoms with Crippen molar-refractivity contribution in [1.29, 1.82) is 0 Å². The molecular formula is C17H21N5S. The highest BCUT2D eigenvalue weighted by Crippen LogP contribution is 2.28. The summed E-state index contributed by atoms with van der Waals surface area (Å²) in [5, 5.41) is 9.25. The molecule has 6 heteroatoms. The van der Waals surface area contributed by atoms with Gasteiger partial charge in [0.1, 0.15) is 0 Å². The number of thioether (sulfide) groups is 1. The van der Waals surface area contributed by atoms with E-state index in [4.69, 9.17) is 5.10 Å². The van der Waals surface area contributed by atoms with Gasteiger partial charge in [-0.15, -0.1) is 0 Å². The second-order valence-corrected chi connectivity index (χ2v) is 7.29. The number of hydrogen-bond acceptors (Lipinski definition) is 4. The van der Waals surface area contributed by atoms with Gasteiger partial charge in [-0.05, 0) is 45.2 Å². The molecule has 0 fully saturated rings. The van der Waals surface area contributed by atoms with Gasteiger partial charge in [0.15, 0.2) is 0 Å². The first-order chi connectivity index (χ1) is 11.0. The Bertz CT molecular complexity index is 783. The SMILES string of the molecule is CSCc1cc(-c2cnn(-c3cccnc3)c2)n(C(C)(C)C)n1. The van der Waals surface area contributed by atoms with Gasteiger partial charge in [-0.3, -0.25) is 9.67 Å². The second kappa shape index (κ2) is 6.20. The summed E-state index contributed by atoms with van der Waals surface area (Å²) in [6.07, 6.45) is 9.57. The largest absolute Gasteiger partial charge is 0.262 e. The quantitative estimate of drug-likeness (QED) is 0.732. The fourth-order valence-corrected chi connectivity index (χ4v) is 2.89. The summed E-state index contributed by atoms with van der Waals surface area (Å²) in [7, 11) is 0. The average molecular weight is 327 g/mol. The van der Waals surface area contributed by atoms with Crippen molar-refractivity contribution in [3.05, 3.63) is 48.7 Å². The normalized spacial score (nSPS) is 11.8. The maximum absolute atomic E-state index is 4.78. The lowest BCUT2D eigenvalue weighted by Gasteiger charge is -2.22. The van der Waals surface area contributed by atoms with E-state index in [0.717, 1.165) is 28.4 Å². The molecule has 0 unspecified atom stereocenters. The summed E-state index contributed by atoms with van der Waals surface area (Å²) < 4.78 is 3.93. The van der Waals surface area contributed by atoms with E-state index in [0.29, 0.717) is 0 Å². The molecule has 3 rings (SSSR count). The third-order valence-electron chi connectivity index (χ3n) is 3.48. The summed E-state index contributed by atoms with van der Waals surface area (Å²) in [5.41, 5.74) is 4.12. The first-order valence-corrected chi connectivity index (χ1v) is 8.92. The van der Waals surface area contributed by atoms with Crippen LogP contribution in [0, 0.1) is 0 Å². The molecular weight excluding hydrogens is 306 g/mol. The zero-order valence-electron chi connectivity index (χ0n) is 13.9. The molecule has 0 aliphatic heterocycles. The van der Waals surface area contributed by atoms with Crippen LogP contribution in [0.4, 0.5) is 0 Å². The molecule has 3 aromatic heterocycles. The first-order valence-electron chi connectivity index (χ1n) is 7.53. The molecule has 0 saturated heterocycles. The minimum absolute atomic E-state index is 0.0810. The third kappa shape index (κ3) is 3.32. The fourth-order valence-electron chi connectivity index (χ4n) is 2.45. The van der Waals surface area contributed by atoms with Gasteiger partial charge in [-0.1, -0.05) is 0 Å². The summed E-state index contributed by atoms with van der Waals surface area (Å²) in [4.78, 5) is 4.15. The van der Waals surface area contributed by atoms with Crippen LogP contribution in [0.1, 0.15) is 26.5 Å². The van der Waals surface area contributed by atoms with Crippen molar-refractivity contribution in [2.24, 2.45) is 0 Å². The van der Waals surface area contributed by atoms with Crippen molar-refractivity contribution in [3.63, 3.8) is 0 Å². The van der Waals surface area contributed by atoms with E-state index < -0.39 is 0 Å².